The first-order chi connectivity index (χ1) is 10.5. The fraction of sp³-hybridized carbons (Fsp3) is 0.467. The highest BCUT2D eigenvalue weighted by molar-refractivity contribution is 6.17. The van der Waals surface area contributed by atoms with Gasteiger partial charge >= 0.3 is 6.09 Å². The highest BCUT2D eigenvalue weighted by Crippen LogP contribution is 2.04. The zero-order valence-corrected chi connectivity index (χ0v) is 13.2. The normalized spacial score (nSPS) is 13.0. The molecule has 1 rings (SSSR count). The minimum atomic E-state index is -1.28. The number of ether oxygens (including phenoxy) is 1. The summed E-state index contributed by atoms with van der Waals surface area (Å²) < 4.78 is 5.05. The van der Waals surface area contributed by atoms with Crippen molar-refractivity contribution in [2.45, 2.75) is 32.0 Å². The predicted molar refractivity (Wildman–Crippen MR) is 83.4 cm³/mol. The van der Waals surface area contributed by atoms with E-state index in [0.29, 0.717) is 12.3 Å². The van der Waals surface area contributed by atoms with Crippen molar-refractivity contribution in [2.24, 2.45) is 0 Å². The molecule has 122 valence electrons. The molecule has 22 heavy (non-hydrogen) atoms. The summed E-state index contributed by atoms with van der Waals surface area (Å²) in [6.45, 7) is 1.14. The molecule has 0 radical (unpaired) electrons. The Kier molecular flexibility index (Phi) is 7.70. The van der Waals surface area contributed by atoms with Crippen LogP contribution in [0.4, 0.5) is 4.79 Å². The zero-order valence-electron chi connectivity index (χ0n) is 12.5. The highest BCUT2D eigenvalue weighted by atomic mass is 35.5. The van der Waals surface area contributed by atoms with Gasteiger partial charge in [-0.3, -0.25) is 10.1 Å². The Hall–Kier alpha value is -1.79. The van der Waals surface area contributed by atoms with E-state index in [1.807, 2.05) is 30.3 Å². The number of carbonyl (C=O) groups excluding carboxylic acids is 2. The molecule has 1 atom stereocenters. The summed E-state index contributed by atoms with van der Waals surface area (Å²) >= 11 is 5.52. The number of alkyl halides is 1. The number of halogens is 1. The molecule has 3 N–H and O–H groups in total. The number of benzene rings is 1. The number of hydrogen-bond donors (Lipinski definition) is 3. The zero-order chi connectivity index (χ0) is 16.4. The van der Waals surface area contributed by atoms with Gasteiger partial charge in [-0.25, -0.2) is 4.79 Å². The fourth-order valence-corrected chi connectivity index (χ4v) is 1.83. The molecule has 6 nitrogen and oxygen atoms in total. The maximum absolute atomic E-state index is 11.8. The SMILES string of the molecule is C[C@@](CO)(NC(=O)CCCCl)NC(=O)OCc1ccccc1. The monoisotopic (exact) mass is 328 g/mol. The van der Waals surface area contributed by atoms with Crippen molar-refractivity contribution in [3.63, 3.8) is 0 Å². The molecule has 7 heteroatoms. The molecular formula is C15H21ClN2O4. The average Bonchev–Trinajstić information content (AvgIpc) is 2.52. The second-order valence-electron chi connectivity index (χ2n) is 5.02. The number of amides is 2. The third kappa shape index (κ3) is 6.78. The molecule has 0 spiro atoms. The summed E-state index contributed by atoms with van der Waals surface area (Å²) in [4.78, 5) is 23.4. The van der Waals surface area contributed by atoms with Crippen LogP contribution < -0.4 is 10.6 Å². The topological polar surface area (TPSA) is 87.7 Å². The van der Waals surface area contributed by atoms with Crippen LogP contribution in [0.1, 0.15) is 25.3 Å². The first-order valence-corrected chi connectivity index (χ1v) is 7.49. The van der Waals surface area contributed by atoms with Gasteiger partial charge in [-0.15, -0.1) is 11.6 Å². The number of alkyl carbamates (subject to hydrolysis) is 1. The Morgan fingerprint density at radius 1 is 1.27 bits per heavy atom. The van der Waals surface area contributed by atoms with E-state index in [1.165, 1.54) is 6.92 Å². The standard InChI is InChI=1S/C15H21ClN2O4/c1-15(11-19,17-13(20)8-5-9-16)18-14(21)22-10-12-6-3-2-4-7-12/h2-4,6-7,19H,5,8-11H2,1H3,(H,17,20)(H,18,21)/t15-/m1/s1. The Labute approximate surface area is 134 Å². The average molecular weight is 329 g/mol. The number of hydrogen-bond acceptors (Lipinski definition) is 4. The van der Waals surface area contributed by atoms with E-state index in [0.717, 1.165) is 5.56 Å². The van der Waals surface area contributed by atoms with Crippen molar-refractivity contribution in [1.82, 2.24) is 10.6 Å². The lowest BCUT2D eigenvalue weighted by Gasteiger charge is -2.29. The van der Waals surface area contributed by atoms with Gasteiger partial charge in [0, 0.05) is 12.3 Å². The summed E-state index contributed by atoms with van der Waals surface area (Å²) in [5.74, 6) is 0.0658. The van der Waals surface area contributed by atoms with Gasteiger partial charge in [-0.1, -0.05) is 30.3 Å². The molecule has 0 aromatic heterocycles. The minimum Gasteiger partial charge on any atom is -0.445 e. The lowest BCUT2D eigenvalue weighted by molar-refractivity contribution is -0.123. The molecule has 1 aromatic carbocycles. The Morgan fingerprint density at radius 2 is 1.95 bits per heavy atom. The second kappa shape index (κ2) is 9.27. The van der Waals surface area contributed by atoms with Crippen LogP contribution in [0.2, 0.25) is 0 Å². The van der Waals surface area contributed by atoms with E-state index in [2.05, 4.69) is 10.6 Å². The van der Waals surface area contributed by atoms with Crippen LogP contribution in [-0.4, -0.2) is 35.3 Å². The first-order valence-electron chi connectivity index (χ1n) is 6.96. The molecule has 0 saturated carbocycles. The molecule has 0 fully saturated rings. The van der Waals surface area contributed by atoms with Crippen LogP contribution in [0.15, 0.2) is 30.3 Å². The Balaban J connectivity index is 2.46. The lowest BCUT2D eigenvalue weighted by atomic mass is 10.2. The van der Waals surface area contributed by atoms with Crippen molar-refractivity contribution < 1.29 is 19.4 Å². The van der Waals surface area contributed by atoms with Crippen molar-refractivity contribution in [3.05, 3.63) is 35.9 Å². The summed E-state index contributed by atoms with van der Waals surface area (Å²) in [6, 6.07) is 9.19. The number of aliphatic hydroxyl groups is 1. The second-order valence-corrected chi connectivity index (χ2v) is 5.40. The van der Waals surface area contributed by atoms with Gasteiger partial charge in [-0.2, -0.15) is 0 Å². The summed E-state index contributed by atoms with van der Waals surface area (Å²) in [5.41, 5.74) is -0.438. The van der Waals surface area contributed by atoms with Crippen molar-refractivity contribution in [2.75, 3.05) is 12.5 Å². The third-order valence-corrected chi connectivity index (χ3v) is 3.13. The molecule has 0 aliphatic carbocycles. The molecule has 2 amide bonds. The minimum absolute atomic E-state index is 0.106. The van der Waals surface area contributed by atoms with Gasteiger partial charge in [0.25, 0.3) is 0 Å². The van der Waals surface area contributed by atoms with Crippen LogP contribution in [0.25, 0.3) is 0 Å². The molecule has 0 aliphatic heterocycles. The van der Waals surface area contributed by atoms with E-state index >= 15 is 0 Å². The number of rotatable bonds is 8. The Bertz CT molecular complexity index is 484. The maximum atomic E-state index is 11.8. The van der Waals surface area contributed by atoms with Gasteiger partial charge in [-0.05, 0) is 18.9 Å². The van der Waals surface area contributed by atoms with Crippen molar-refractivity contribution >= 4 is 23.6 Å². The van der Waals surface area contributed by atoms with Gasteiger partial charge in [0.1, 0.15) is 12.3 Å². The fourth-order valence-electron chi connectivity index (χ4n) is 1.69. The smallest absolute Gasteiger partial charge is 0.409 e. The van der Waals surface area contributed by atoms with Gasteiger partial charge < -0.3 is 15.2 Å². The predicted octanol–water partition coefficient (Wildman–Crippen LogP) is 1.76. The van der Waals surface area contributed by atoms with Gasteiger partial charge in [0.2, 0.25) is 5.91 Å². The molecule has 1 aromatic rings. The van der Waals surface area contributed by atoms with E-state index in [4.69, 9.17) is 16.3 Å². The summed E-state index contributed by atoms with van der Waals surface area (Å²) in [6.07, 6.45) is 0.0192. The van der Waals surface area contributed by atoms with E-state index in [1.54, 1.807) is 0 Å². The molecular weight excluding hydrogens is 308 g/mol. The Morgan fingerprint density at radius 3 is 2.55 bits per heavy atom. The van der Waals surface area contributed by atoms with Crippen LogP contribution in [-0.2, 0) is 16.1 Å². The van der Waals surface area contributed by atoms with E-state index in [-0.39, 0.29) is 18.9 Å². The highest BCUT2D eigenvalue weighted by Gasteiger charge is 2.28. The number of aliphatic hydroxyl groups excluding tert-OH is 1. The molecule has 0 saturated heterocycles. The van der Waals surface area contributed by atoms with E-state index < -0.39 is 18.4 Å². The van der Waals surface area contributed by atoms with Crippen molar-refractivity contribution in [1.29, 1.82) is 0 Å². The van der Waals surface area contributed by atoms with Crippen LogP contribution >= 0.6 is 11.6 Å². The van der Waals surface area contributed by atoms with Crippen LogP contribution in [0, 0.1) is 0 Å². The number of nitrogens with one attached hydrogen (secondary N) is 2. The van der Waals surface area contributed by atoms with Gasteiger partial charge in [0.15, 0.2) is 0 Å². The van der Waals surface area contributed by atoms with E-state index in [9.17, 15) is 14.7 Å². The molecule has 0 unspecified atom stereocenters. The third-order valence-electron chi connectivity index (χ3n) is 2.86. The maximum Gasteiger partial charge on any atom is 0.409 e. The molecule has 0 heterocycles. The first kappa shape index (κ1) is 18.3. The molecule has 0 bridgehead atoms. The van der Waals surface area contributed by atoms with Crippen molar-refractivity contribution in [3.8, 4) is 0 Å². The summed E-state index contributed by atoms with van der Waals surface area (Å²) in [7, 11) is 0. The molecule has 0 aliphatic rings. The van der Waals surface area contributed by atoms with Crippen LogP contribution in [0.5, 0.6) is 0 Å². The van der Waals surface area contributed by atoms with Crippen LogP contribution in [0.3, 0.4) is 0 Å². The summed E-state index contributed by atoms with van der Waals surface area (Å²) in [5, 5.41) is 14.4. The number of carbonyl (C=O) groups is 2. The lowest BCUT2D eigenvalue weighted by Crippen LogP contribution is -2.61. The van der Waals surface area contributed by atoms with Gasteiger partial charge in [0.05, 0.1) is 6.61 Å². The quantitative estimate of drug-likeness (QED) is 0.501. The largest absolute Gasteiger partial charge is 0.445 e.